The first-order valence-electron chi connectivity index (χ1n) is 8.34. The third-order valence-electron chi connectivity index (χ3n) is 4.04. The van der Waals surface area contributed by atoms with Gasteiger partial charge in [0.2, 0.25) is 0 Å². The largest absolute Gasteiger partial charge is 0.481 e. The minimum Gasteiger partial charge on any atom is -0.481 e. The Kier molecular flexibility index (Phi) is 12.2. The molecule has 0 aromatic rings. The minimum absolute atomic E-state index is 0.114. The summed E-state index contributed by atoms with van der Waals surface area (Å²) in [5, 5.41) is 9.11. The first-order valence-corrected chi connectivity index (χ1v) is 8.34. The number of hydrogen-bond acceptors (Lipinski definition) is 1. The molecule has 0 aromatic carbocycles. The Morgan fingerprint density at radius 1 is 0.842 bits per heavy atom. The van der Waals surface area contributed by atoms with E-state index in [9.17, 15) is 4.79 Å². The molecule has 19 heavy (non-hydrogen) atoms. The van der Waals surface area contributed by atoms with Gasteiger partial charge in [-0.1, -0.05) is 72.1 Å². The molecule has 0 saturated heterocycles. The van der Waals surface area contributed by atoms with Crippen molar-refractivity contribution in [2.45, 2.75) is 91.4 Å². The van der Waals surface area contributed by atoms with Gasteiger partial charge in [-0.3, -0.25) is 4.79 Å². The molecule has 0 fully saturated rings. The zero-order valence-corrected chi connectivity index (χ0v) is 13.3. The van der Waals surface area contributed by atoms with Gasteiger partial charge >= 0.3 is 5.97 Å². The van der Waals surface area contributed by atoms with Crippen LogP contribution in [0, 0.1) is 11.8 Å². The predicted octanol–water partition coefficient (Wildman–Crippen LogP) is 5.65. The van der Waals surface area contributed by atoms with Crippen LogP contribution < -0.4 is 0 Å². The second-order valence-corrected chi connectivity index (χ2v) is 6.06. The molecule has 0 aliphatic rings. The van der Waals surface area contributed by atoms with E-state index in [1.807, 2.05) is 0 Å². The molecule has 0 heterocycles. The number of carbonyl (C=O) groups is 1. The van der Waals surface area contributed by atoms with Gasteiger partial charge in [-0.25, -0.2) is 0 Å². The van der Waals surface area contributed by atoms with Gasteiger partial charge in [0, 0.05) is 0 Å². The quantitative estimate of drug-likeness (QED) is 0.439. The van der Waals surface area contributed by atoms with Crippen molar-refractivity contribution in [1.29, 1.82) is 0 Å². The van der Waals surface area contributed by atoms with Crippen molar-refractivity contribution >= 4 is 5.97 Å². The van der Waals surface area contributed by atoms with Gasteiger partial charge in [0.1, 0.15) is 0 Å². The summed E-state index contributed by atoms with van der Waals surface area (Å²) >= 11 is 0. The van der Waals surface area contributed by atoms with Gasteiger partial charge in [0.05, 0.1) is 5.92 Å². The van der Waals surface area contributed by atoms with Crippen LogP contribution in [0.1, 0.15) is 91.4 Å². The number of carboxylic acid groups (broad SMARTS) is 1. The topological polar surface area (TPSA) is 37.3 Å². The lowest BCUT2D eigenvalue weighted by Gasteiger charge is -2.15. The minimum atomic E-state index is -0.603. The number of rotatable bonds is 13. The maximum atomic E-state index is 11.1. The van der Waals surface area contributed by atoms with Crippen molar-refractivity contribution in [2.75, 3.05) is 0 Å². The van der Waals surface area contributed by atoms with E-state index in [-0.39, 0.29) is 5.92 Å². The average Bonchev–Trinajstić information content (AvgIpc) is 2.38. The van der Waals surface area contributed by atoms with Crippen LogP contribution in [0.15, 0.2) is 0 Å². The normalized spacial score (nSPS) is 14.3. The van der Waals surface area contributed by atoms with Crippen molar-refractivity contribution in [3.05, 3.63) is 0 Å². The number of aliphatic carboxylic acids is 1. The van der Waals surface area contributed by atoms with Gasteiger partial charge in [0.15, 0.2) is 0 Å². The fourth-order valence-corrected chi connectivity index (χ4v) is 2.64. The first-order chi connectivity index (χ1) is 9.11. The van der Waals surface area contributed by atoms with Crippen LogP contribution in [0.2, 0.25) is 0 Å². The van der Waals surface area contributed by atoms with Crippen LogP contribution in [-0.4, -0.2) is 11.1 Å². The lowest BCUT2D eigenvalue weighted by Crippen LogP contribution is -2.14. The van der Waals surface area contributed by atoms with E-state index in [1.165, 1.54) is 44.9 Å². The van der Waals surface area contributed by atoms with Crippen LogP contribution >= 0.6 is 0 Å². The van der Waals surface area contributed by atoms with Crippen molar-refractivity contribution < 1.29 is 9.90 Å². The summed E-state index contributed by atoms with van der Waals surface area (Å²) in [7, 11) is 0. The summed E-state index contributed by atoms with van der Waals surface area (Å²) in [4.78, 5) is 11.1. The van der Waals surface area contributed by atoms with Gasteiger partial charge in [0.25, 0.3) is 0 Å². The maximum absolute atomic E-state index is 11.1. The second kappa shape index (κ2) is 12.5. The molecule has 0 saturated carbocycles. The highest BCUT2D eigenvalue weighted by Crippen LogP contribution is 2.21. The molecule has 0 aromatic heterocycles. The van der Waals surface area contributed by atoms with E-state index < -0.39 is 5.97 Å². The molecule has 0 radical (unpaired) electrons. The van der Waals surface area contributed by atoms with E-state index >= 15 is 0 Å². The standard InChI is InChI=1S/C17H34O2/c1-4-6-7-8-9-10-12-15(3)13-14-16(11-5-2)17(18)19/h15-16H,4-14H2,1-3H3,(H,18,19). The van der Waals surface area contributed by atoms with Gasteiger partial charge in [-0.2, -0.15) is 0 Å². The molecule has 2 nitrogen and oxygen atoms in total. The highest BCUT2D eigenvalue weighted by atomic mass is 16.4. The molecular formula is C17H34O2. The molecule has 0 rings (SSSR count). The average molecular weight is 270 g/mol. The van der Waals surface area contributed by atoms with E-state index in [4.69, 9.17) is 5.11 Å². The molecule has 1 N–H and O–H groups in total. The molecule has 0 spiro atoms. The molecule has 0 aliphatic heterocycles. The predicted molar refractivity (Wildman–Crippen MR) is 82.4 cm³/mol. The highest BCUT2D eigenvalue weighted by molar-refractivity contribution is 5.69. The van der Waals surface area contributed by atoms with Crippen molar-refractivity contribution in [2.24, 2.45) is 11.8 Å². The van der Waals surface area contributed by atoms with E-state index in [1.54, 1.807) is 0 Å². The van der Waals surface area contributed by atoms with Crippen LogP contribution in [0.5, 0.6) is 0 Å². The lowest BCUT2D eigenvalue weighted by atomic mass is 9.91. The van der Waals surface area contributed by atoms with Crippen LogP contribution in [0.3, 0.4) is 0 Å². The smallest absolute Gasteiger partial charge is 0.306 e. The van der Waals surface area contributed by atoms with E-state index in [0.717, 1.165) is 25.7 Å². The Morgan fingerprint density at radius 2 is 1.47 bits per heavy atom. The Morgan fingerprint density at radius 3 is 2.05 bits per heavy atom. The van der Waals surface area contributed by atoms with Crippen molar-refractivity contribution in [3.8, 4) is 0 Å². The second-order valence-electron chi connectivity index (χ2n) is 6.06. The summed E-state index contributed by atoms with van der Waals surface area (Å²) in [6, 6.07) is 0. The summed E-state index contributed by atoms with van der Waals surface area (Å²) in [6.45, 7) is 6.59. The summed E-state index contributed by atoms with van der Waals surface area (Å²) in [6.07, 6.45) is 13.1. The fourth-order valence-electron chi connectivity index (χ4n) is 2.64. The Bertz CT molecular complexity index is 213. The fraction of sp³-hybridized carbons (Fsp3) is 0.941. The monoisotopic (exact) mass is 270 g/mol. The van der Waals surface area contributed by atoms with E-state index in [2.05, 4.69) is 20.8 Å². The zero-order chi connectivity index (χ0) is 14.5. The van der Waals surface area contributed by atoms with Crippen LogP contribution in [0.25, 0.3) is 0 Å². The van der Waals surface area contributed by atoms with Gasteiger partial charge in [-0.15, -0.1) is 0 Å². The van der Waals surface area contributed by atoms with Gasteiger partial charge < -0.3 is 5.11 Å². The summed E-state index contributed by atoms with van der Waals surface area (Å²) < 4.78 is 0. The van der Waals surface area contributed by atoms with E-state index in [0.29, 0.717) is 5.92 Å². The third-order valence-corrected chi connectivity index (χ3v) is 4.04. The molecule has 0 aliphatic carbocycles. The number of carboxylic acids is 1. The highest BCUT2D eigenvalue weighted by Gasteiger charge is 2.17. The maximum Gasteiger partial charge on any atom is 0.306 e. The Hall–Kier alpha value is -0.530. The van der Waals surface area contributed by atoms with Crippen molar-refractivity contribution in [3.63, 3.8) is 0 Å². The molecule has 2 atom stereocenters. The van der Waals surface area contributed by atoms with Gasteiger partial charge in [-0.05, 0) is 25.2 Å². The Labute approximate surface area is 120 Å². The molecule has 0 amide bonds. The number of hydrogen-bond donors (Lipinski definition) is 1. The Balaban J connectivity index is 3.56. The lowest BCUT2D eigenvalue weighted by molar-refractivity contribution is -0.142. The molecular weight excluding hydrogens is 236 g/mol. The van der Waals surface area contributed by atoms with Crippen molar-refractivity contribution in [1.82, 2.24) is 0 Å². The first kappa shape index (κ1) is 18.5. The molecule has 2 unspecified atom stereocenters. The molecule has 0 bridgehead atoms. The van der Waals surface area contributed by atoms with Crippen LogP contribution in [-0.2, 0) is 4.79 Å². The number of unbranched alkanes of at least 4 members (excludes halogenated alkanes) is 5. The third kappa shape index (κ3) is 11.0. The SMILES string of the molecule is CCCCCCCCC(C)CCC(CCC)C(=O)O. The summed E-state index contributed by atoms with van der Waals surface area (Å²) in [5.41, 5.74) is 0. The summed E-state index contributed by atoms with van der Waals surface area (Å²) in [5.74, 6) is -0.0319. The van der Waals surface area contributed by atoms with Crippen LogP contribution in [0.4, 0.5) is 0 Å². The molecule has 114 valence electrons. The molecule has 2 heteroatoms. The zero-order valence-electron chi connectivity index (χ0n) is 13.3.